The molecule has 0 aromatic rings. The lowest BCUT2D eigenvalue weighted by Gasteiger charge is -2.30. The summed E-state index contributed by atoms with van der Waals surface area (Å²) in [6, 6.07) is 0. The number of hydrogen-bond acceptors (Lipinski definition) is 7. The van der Waals surface area contributed by atoms with Gasteiger partial charge in [-0.25, -0.2) is 9.59 Å². The van der Waals surface area contributed by atoms with Crippen LogP contribution >= 0.6 is 11.8 Å². The van der Waals surface area contributed by atoms with E-state index in [1.165, 1.54) is 0 Å². The summed E-state index contributed by atoms with van der Waals surface area (Å²) in [4.78, 5) is 34.2. The molecule has 0 aromatic carbocycles. The van der Waals surface area contributed by atoms with E-state index in [2.05, 4.69) is 13.2 Å². The van der Waals surface area contributed by atoms with Crippen LogP contribution in [0.1, 0.15) is 19.8 Å². The van der Waals surface area contributed by atoms with Crippen molar-refractivity contribution >= 4 is 29.7 Å². The normalized spacial score (nSPS) is 10.5. The van der Waals surface area contributed by atoms with Gasteiger partial charge >= 0.3 is 17.9 Å². The third-order valence-electron chi connectivity index (χ3n) is 3.17. The van der Waals surface area contributed by atoms with E-state index in [4.69, 9.17) is 14.2 Å². The topological polar surface area (TPSA) is 78.9 Å². The number of hydrogen-bond donors (Lipinski definition) is 0. The molecule has 0 aliphatic carbocycles. The molecule has 0 saturated carbocycles. The molecule has 0 aliphatic heterocycles. The summed E-state index contributed by atoms with van der Waals surface area (Å²) in [5.74, 6) is -0.866. The predicted octanol–water partition coefficient (Wildman–Crippen LogP) is 2.14. The van der Waals surface area contributed by atoms with E-state index in [-0.39, 0.29) is 25.8 Å². The minimum atomic E-state index is -0.799. The maximum atomic E-state index is 11.7. The smallest absolute Gasteiger partial charge is 0.330 e. The predicted molar refractivity (Wildman–Crippen MR) is 89.0 cm³/mol. The summed E-state index contributed by atoms with van der Waals surface area (Å²) in [6.07, 6.45) is 4.76. The number of ether oxygens (including phenoxy) is 3. The lowest BCUT2D eigenvalue weighted by atomic mass is 9.88. The first-order valence-corrected chi connectivity index (χ1v) is 8.55. The van der Waals surface area contributed by atoms with Crippen LogP contribution in [-0.2, 0) is 28.6 Å². The molecule has 130 valence electrons. The molecular formula is C16H24O6S. The molecule has 0 aromatic heterocycles. The van der Waals surface area contributed by atoms with E-state index >= 15 is 0 Å². The second kappa shape index (κ2) is 11.8. The Morgan fingerprint density at radius 3 is 1.87 bits per heavy atom. The van der Waals surface area contributed by atoms with Crippen molar-refractivity contribution in [3.8, 4) is 0 Å². The molecule has 7 heteroatoms. The van der Waals surface area contributed by atoms with Gasteiger partial charge in [0.2, 0.25) is 0 Å². The Hall–Kier alpha value is -1.76. The van der Waals surface area contributed by atoms with Gasteiger partial charge in [-0.3, -0.25) is 4.79 Å². The van der Waals surface area contributed by atoms with Gasteiger partial charge in [-0.05, 0) is 12.7 Å². The molecule has 0 fully saturated rings. The zero-order valence-corrected chi connectivity index (χ0v) is 14.5. The van der Waals surface area contributed by atoms with Gasteiger partial charge < -0.3 is 14.2 Å². The van der Waals surface area contributed by atoms with Crippen LogP contribution in [0.5, 0.6) is 0 Å². The highest BCUT2D eigenvalue weighted by atomic mass is 32.2. The Morgan fingerprint density at radius 1 is 1.00 bits per heavy atom. The monoisotopic (exact) mass is 344 g/mol. The van der Waals surface area contributed by atoms with Crippen molar-refractivity contribution in [2.24, 2.45) is 5.41 Å². The first-order chi connectivity index (χ1) is 10.9. The van der Waals surface area contributed by atoms with Gasteiger partial charge in [0.05, 0.1) is 11.8 Å². The highest BCUT2D eigenvalue weighted by molar-refractivity contribution is 7.98. The van der Waals surface area contributed by atoms with Crippen LogP contribution in [0.3, 0.4) is 0 Å². The maximum Gasteiger partial charge on any atom is 0.330 e. The molecule has 0 unspecified atom stereocenters. The van der Waals surface area contributed by atoms with Gasteiger partial charge in [0, 0.05) is 17.9 Å². The fraction of sp³-hybridized carbons (Fsp3) is 0.562. The number of rotatable bonds is 12. The maximum absolute atomic E-state index is 11.7. The van der Waals surface area contributed by atoms with Gasteiger partial charge in [0.15, 0.2) is 0 Å². The van der Waals surface area contributed by atoms with Crippen LogP contribution in [0, 0.1) is 5.41 Å². The van der Waals surface area contributed by atoms with Crippen molar-refractivity contribution in [1.82, 2.24) is 0 Å². The van der Waals surface area contributed by atoms with E-state index in [0.29, 0.717) is 18.6 Å². The van der Waals surface area contributed by atoms with Gasteiger partial charge in [-0.2, -0.15) is 11.8 Å². The lowest BCUT2D eigenvalue weighted by Crippen LogP contribution is -2.38. The lowest BCUT2D eigenvalue weighted by molar-refractivity contribution is -0.158. The van der Waals surface area contributed by atoms with Crippen LogP contribution in [0.2, 0.25) is 0 Å². The Balaban J connectivity index is 4.81. The van der Waals surface area contributed by atoms with Crippen molar-refractivity contribution in [2.45, 2.75) is 19.8 Å². The summed E-state index contributed by atoms with van der Waals surface area (Å²) >= 11 is 1.54. The molecule has 0 radical (unpaired) electrons. The van der Waals surface area contributed by atoms with Crippen molar-refractivity contribution in [2.75, 3.05) is 31.8 Å². The summed E-state index contributed by atoms with van der Waals surface area (Å²) < 4.78 is 15.4. The van der Waals surface area contributed by atoms with E-state index < -0.39 is 17.4 Å². The highest BCUT2D eigenvalue weighted by Crippen LogP contribution is 2.24. The molecule has 0 spiro atoms. The molecular weight excluding hydrogens is 320 g/mol. The van der Waals surface area contributed by atoms with Crippen molar-refractivity contribution < 1.29 is 28.6 Å². The highest BCUT2D eigenvalue weighted by Gasteiger charge is 2.33. The molecule has 6 nitrogen and oxygen atoms in total. The molecule has 0 bridgehead atoms. The molecule has 0 atom stereocenters. The van der Waals surface area contributed by atoms with Crippen LogP contribution in [0.4, 0.5) is 0 Å². The molecule has 0 rings (SSSR count). The van der Waals surface area contributed by atoms with Gasteiger partial charge in [0.25, 0.3) is 0 Å². The van der Waals surface area contributed by atoms with Crippen LogP contribution in [0.25, 0.3) is 0 Å². The fourth-order valence-corrected chi connectivity index (χ4v) is 1.86. The number of esters is 3. The molecule has 0 N–H and O–H groups in total. The quantitative estimate of drug-likeness (QED) is 0.305. The average Bonchev–Trinajstić information content (AvgIpc) is 2.58. The third-order valence-corrected chi connectivity index (χ3v) is 3.79. The number of thioether (sulfide) groups is 1. The zero-order chi connectivity index (χ0) is 17.7. The summed E-state index contributed by atoms with van der Waals surface area (Å²) in [7, 11) is 0. The van der Waals surface area contributed by atoms with Crippen molar-refractivity contribution in [1.29, 1.82) is 0 Å². The third kappa shape index (κ3) is 9.07. The number of carbonyl (C=O) groups is 3. The van der Waals surface area contributed by atoms with Crippen molar-refractivity contribution in [3.63, 3.8) is 0 Å². The van der Waals surface area contributed by atoms with Crippen molar-refractivity contribution in [3.05, 3.63) is 25.3 Å². The minimum absolute atomic E-state index is 0.00837. The Bertz CT molecular complexity index is 408. The van der Waals surface area contributed by atoms with E-state index in [0.717, 1.165) is 12.2 Å². The summed E-state index contributed by atoms with van der Waals surface area (Å²) in [6.45, 7) is 8.37. The van der Waals surface area contributed by atoms with E-state index in [1.807, 2.05) is 13.2 Å². The van der Waals surface area contributed by atoms with Gasteiger partial charge in [-0.15, -0.1) is 0 Å². The van der Waals surface area contributed by atoms with Gasteiger partial charge in [0.1, 0.15) is 19.8 Å². The molecule has 0 saturated heterocycles. The first kappa shape index (κ1) is 21.2. The Morgan fingerprint density at radius 2 is 1.48 bits per heavy atom. The number of carbonyl (C=O) groups excluding carboxylic acids is 3. The SMILES string of the molecule is C=CC(=O)OCC(CC)(COC(=O)C=C)COC(=O)CCSC. The second-order valence-electron chi connectivity index (χ2n) is 4.88. The average molecular weight is 344 g/mol. The standard InChI is InChI=1S/C16H24O6S/c1-5-13(17)20-10-16(7-3,11-21-14(18)6-2)12-22-15(19)8-9-23-4/h5-6H,1-2,7-12H2,3-4H3. The van der Waals surface area contributed by atoms with Gasteiger partial charge in [-0.1, -0.05) is 20.1 Å². The molecule has 0 heterocycles. The minimum Gasteiger partial charge on any atom is -0.465 e. The second-order valence-corrected chi connectivity index (χ2v) is 5.87. The van der Waals surface area contributed by atoms with E-state index in [1.54, 1.807) is 11.8 Å². The van der Waals surface area contributed by atoms with Crippen LogP contribution in [0.15, 0.2) is 25.3 Å². The Kier molecular flexibility index (Phi) is 10.9. The largest absolute Gasteiger partial charge is 0.465 e. The molecule has 23 heavy (non-hydrogen) atoms. The molecule has 0 amide bonds. The fourth-order valence-electron chi connectivity index (χ4n) is 1.49. The van der Waals surface area contributed by atoms with Crippen LogP contribution < -0.4 is 0 Å². The zero-order valence-electron chi connectivity index (χ0n) is 13.7. The van der Waals surface area contributed by atoms with E-state index in [9.17, 15) is 14.4 Å². The summed E-state index contributed by atoms with van der Waals surface area (Å²) in [5, 5.41) is 0. The Labute approximate surface area is 141 Å². The first-order valence-electron chi connectivity index (χ1n) is 7.16. The summed E-state index contributed by atoms with van der Waals surface area (Å²) in [5.41, 5.74) is -0.799. The van der Waals surface area contributed by atoms with Crippen LogP contribution in [-0.4, -0.2) is 49.7 Å². The molecule has 0 aliphatic rings.